The fourth-order valence-electron chi connectivity index (χ4n) is 1.40. The van der Waals surface area contributed by atoms with Gasteiger partial charge < -0.3 is 29.9 Å². The minimum absolute atomic E-state index is 0.00875. The molecule has 0 amide bonds. The van der Waals surface area contributed by atoms with Gasteiger partial charge in [-0.1, -0.05) is 6.08 Å². The second-order valence-electron chi connectivity index (χ2n) is 3.11. The lowest BCUT2D eigenvalue weighted by Gasteiger charge is -2.14. The minimum atomic E-state index is -0.494. The molecule has 1 rings (SSSR count). The zero-order chi connectivity index (χ0) is 13.0. The summed E-state index contributed by atoms with van der Waals surface area (Å²) in [7, 11) is 2.51. The zero-order valence-corrected chi connectivity index (χ0v) is 9.47. The van der Waals surface area contributed by atoms with Gasteiger partial charge in [0.05, 0.1) is 26.4 Å². The summed E-state index contributed by atoms with van der Waals surface area (Å²) in [4.78, 5) is 0. The SMILES string of the molecule is COc1c(O)c(/C=C/CO)c(O)c(OC)c1O. The van der Waals surface area contributed by atoms with Gasteiger partial charge in [-0.3, -0.25) is 0 Å². The lowest BCUT2D eigenvalue weighted by Crippen LogP contribution is -1.93. The van der Waals surface area contributed by atoms with E-state index in [1.165, 1.54) is 26.4 Å². The van der Waals surface area contributed by atoms with Crippen molar-refractivity contribution in [1.82, 2.24) is 0 Å². The Morgan fingerprint density at radius 2 is 1.41 bits per heavy atom. The van der Waals surface area contributed by atoms with Gasteiger partial charge in [0.1, 0.15) is 0 Å². The van der Waals surface area contributed by atoms with E-state index in [4.69, 9.17) is 14.6 Å². The maximum absolute atomic E-state index is 9.76. The van der Waals surface area contributed by atoms with Crippen molar-refractivity contribution < 1.29 is 29.9 Å². The van der Waals surface area contributed by atoms with Gasteiger partial charge >= 0.3 is 0 Å². The van der Waals surface area contributed by atoms with Gasteiger partial charge in [-0.05, 0) is 6.08 Å². The number of benzene rings is 1. The fourth-order valence-corrected chi connectivity index (χ4v) is 1.40. The first-order chi connectivity index (χ1) is 8.08. The van der Waals surface area contributed by atoms with Crippen LogP contribution in [0.15, 0.2) is 6.08 Å². The van der Waals surface area contributed by atoms with Crippen LogP contribution < -0.4 is 9.47 Å². The van der Waals surface area contributed by atoms with Crippen LogP contribution in [0.5, 0.6) is 28.7 Å². The monoisotopic (exact) mass is 242 g/mol. The van der Waals surface area contributed by atoms with Crippen LogP contribution in [0.25, 0.3) is 6.08 Å². The average Bonchev–Trinajstić information content (AvgIpc) is 2.30. The van der Waals surface area contributed by atoms with Crippen LogP contribution in [0, 0.1) is 0 Å². The van der Waals surface area contributed by atoms with Crippen molar-refractivity contribution in [2.24, 2.45) is 0 Å². The molecule has 6 heteroatoms. The van der Waals surface area contributed by atoms with Crippen molar-refractivity contribution in [3.8, 4) is 28.7 Å². The number of ether oxygens (including phenoxy) is 2. The summed E-state index contributed by atoms with van der Waals surface area (Å²) in [6.07, 6.45) is 2.60. The third kappa shape index (κ3) is 2.21. The minimum Gasteiger partial charge on any atom is -0.504 e. The van der Waals surface area contributed by atoms with E-state index in [9.17, 15) is 15.3 Å². The second kappa shape index (κ2) is 5.31. The fraction of sp³-hybridized carbons (Fsp3) is 0.273. The predicted octanol–water partition coefficient (Wildman–Crippen LogP) is 0.826. The standard InChI is InChI=1S/C11H14O6/c1-16-10-7(13)6(4-3-5-12)8(14)11(17-2)9(10)15/h3-4,12-15H,5H2,1-2H3/b4-3+. The first-order valence-corrected chi connectivity index (χ1v) is 4.74. The summed E-state index contributed by atoms with van der Waals surface area (Å²) in [6.45, 7) is -0.260. The van der Waals surface area contributed by atoms with E-state index in [0.717, 1.165) is 0 Å². The van der Waals surface area contributed by atoms with Crippen LogP contribution in [-0.4, -0.2) is 41.3 Å². The molecule has 0 aliphatic rings. The molecule has 0 aliphatic carbocycles. The second-order valence-corrected chi connectivity index (χ2v) is 3.11. The molecule has 0 radical (unpaired) electrons. The first-order valence-electron chi connectivity index (χ1n) is 4.74. The lowest BCUT2D eigenvalue weighted by molar-refractivity contribution is 0.307. The van der Waals surface area contributed by atoms with Crippen molar-refractivity contribution >= 4 is 6.08 Å². The van der Waals surface area contributed by atoms with E-state index < -0.39 is 17.2 Å². The van der Waals surface area contributed by atoms with E-state index in [1.807, 2.05) is 0 Å². The Kier molecular flexibility index (Phi) is 4.06. The van der Waals surface area contributed by atoms with E-state index in [-0.39, 0.29) is 23.7 Å². The van der Waals surface area contributed by atoms with Gasteiger partial charge in [0.25, 0.3) is 0 Å². The van der Waals surface area contributed by atoms with E-state index in [0.29, 0.717) is 0 Å². The Labute approximate surface area is 98.0 Å². The molecule has 0 aromatic heterocycles. The van der Waals surface area contributed by atoms with E-state index in [2.05, 4.69) is 0 Å². The molecule has 0 bridgehead atoms. The third-order valence-electron chi connectivity index (χ3n) is 2.17. The van der Waals surface area contributed by atoms with Gasteiger partial charge in [-0.2, -0.15) is 0 Å². The van der Waals surface area contributed by atoms with Crippen LogP contribution in [0.2, 0.25) is 0 Å². The van der Waals surface area contributed by atoms with Gasteiger partial charge in [0.15, 0.2) is 11.5 Å². The van der Waals surface area contributed by atoms with Crippen molar-refractivity contribution in [2.75, 3.05) is 20.8 Å². The molecule has 1 aromatic rings. The predicted molar refractivity (Wildman–Crippen MR) is 60.7 cm³/mol. The Hall–Kier alpha value is -2.08. The van der Waals surface area contributed by atoms with Gasteiger partial charge in [0, 0.05) is 0 Å². The Balaban J connectivity index is 3.53. The summed E-state index contributed by atoms with van der Waals surface area (Å²) >= 11 is 0. The number of aliphatic hydroxyl groups excluding tert-OH is 1. The van der Waals surface area contributed by atoms with Crippen LogP contribution >= 0.6 is 0 Å². The van der Waals surface area contributed by atoms with Crippen molar-refractivity contribution in [2.45, 2.75) is 0 Å². The van der Waals surface area contributed by atoms with Crippen LogP contribution in [0.3, 0.4) is 0 Å². The quantitative estimate of drug-likeness (QED) is 0.624. The highest BCUT2D eigenvalue weighted by molar-refractivity contribution is 5.76. The smallest absolute Gasteiger partial charge is 0.208 e. The number of phenols is 3. The number of phenolic OH excluding ortho intramolecular Hbond substituents is 3. The van der Waals surface area contributed by atoms with Crippen LogP contribution in [0.1, 0.15) is 5.56 Å². The summed E-state index contributed by atoms with van der Waals surface area (Å²) in [6, 6.07) is 0. The highest BCUT2D eigenvalue weighted by Crippen LogP contribution is 2.52. The summed E-state index contributed by atoms with van der Waals surface area (Å²) in [5.74, 6) is -1.79. The number of aliphatic hydroxyl groups is 1. The molecule has 94 valence electrons. The van der Waals surface area contributed by atoms with Crippen molar-refractivity contribution in [3.05, 3.63) is 11.6 Å². The number of hydrogen-bond acceptors (Lipinski definition) is 6. The Morgan fingerprint density at radius 3 is 1.76 bits per heavy atom. The molecule has 0 saturated carbocycles. The summed E-state index contributed by atoms with van der Waals surface area (Å²) in [5.41, 5.74) is -0.00875. The number of hydrogen-bond donors (Lipinski definition) is 4. The third-order valence-corrected chi connectivity index (χ3v) is 2.17. The van der Waals surface area contributed by atoms with E-state index in [1.54, 1.807) is 0 Å². The Morgan fingerprint density at radius 1 is 0.941 bits per heavy atom. The molecule has 1 aromatic carbocycles. The number of methoxy groups -OCH3 is 2. The average molecular weight is 242 g/mol. The molecule has 0 spiro atoms. The summed E-state index contributed by atoms with van der Waals surface area (Å²) in [5, 5.41) is 37.8. The van der Waals surface area contributed by atoms with E-state index >= 15 is 0 Å². The molecule has 4 N–H and O–H groups in total. The van der Waals surface area contributed by atoms with Crippen molar-refractivity contribution in [1.29, 1.82) is 0 Å². The maximum atomic E-state index is 9.76. The Bertz CT molecular complexity index is 407. The van der Waals surface area contributed by atoms with Crippen LogP contribution in [0.4, 0.5) is 0 Å². The largest absolute Gasteiger partial charge is 0.504 e. The molecule has 0 unspecified atom stereocenters. The topological polar surface area (TPSA) is 99.4 Å². The van der Waals surface area contributed by atoms with Crippen molar-refractivity contribution in [3.63, 3.8) is 0 Å². The lowest BCUT2D eigenvalue weighted by atomic mass is 10.1. The molecular weight excluding hydrogens is 228 g/mol. The van der Waals surface area contributed by atoms with Crippen LogP contribution in [-0.2, 0) is 0 Å². The number of rotatable bonds is 4. The maximum Gasteiger partial charge on any atom is 0.208 e. The highest BCUT2D eigenvalue weighted by Gasteiger charge is 2.23. The molecule has 0 aliphatic heterocycles. The molecule has 0 saturated heterocycles. The molecular formula is C11H14O6. The molecule has 17 heavy (non-hydrogen) atoms. The molecule has 6 nitrogen and oxygen atoms in total. The molecule has 0 fully saturated rings. The van der Waals surface area contributed by atoms with Gasteiger partial charge in [-0.25, -0.2) is 0 Å². The first kappa shape index (κ1) is 13.0. The van der Waals surface area contributed by atoms with Gasteiger partial charge in [0.2, 0.25) is 17.2 Å². The molecule has 0 heterocycles. The highest BCUT2D eigenvalue weighted by atomic mass is 16.5. The zero-order valence-electron chi connectivity index (χ0n) is 9.47. The summed E-state index contributed by atoms with van der Waals surface area (Å²) < 4.78 is 9.61. The number of aromatic hydroxyl groups is 3. The normalized spacial score (nSPS) is 10.8. The molecule has 0 atom stereocenters. The van der Waals surface area contributed by atoms with Gasteiger partial charge in [-0.15, -0.1) is 0 Å².